The molecule has 0 amide bonds. The van der Waals surface area contributed by atoms with E-state index in [4.69, 9.17) is 17.3 Å². The molecule has 1 unspecified atom stereocenters. The van der Waals surface area contributed by atoms with Gasteiger partial charge in [-0.1, -0.05) is 36.4 Å². The maximum absolute atomic E-state index is 6.19. The normalized spacial score (nSPS) is 19.0. The van der Waals surface area contributed by atoms with Crippen LogP contribution in [0.2, 0.25) is 0 Å². The number of allylic oxidation sites excluding steroid dienone is 1. The Morgan fingerprint density at radius 3 is 3.10 bits per heavy atom. The van der Waals surface area contributed by atoms with E-state index in [9.17, 15) is 0 Å². The van der Waals surface area contributed by atoms with Gasteiger partial charge in [-0.05, 0) is 37.7 Å². The first-order chi connectivity index (χ1) is 10.0. The van der Waals surface area contributed by atoms with Crippen LogP contribution >= 0.6 is 34.7 Å². The first-order valence-corrected chi connectivity index (χ1v) is 9.25. The summed E-state index contributed by atoms with van der Waals surface area (Å²) in [6.07, 6.45) is 5.43. The number of aryl methyl sites for hydroxylation is 1. The predicted octanol–water partition coefficient (Wildman–Crippen LogP) is 4.63. The zero-order valence-corrected chi connectivity index (χ0v) is 14.5. The van der Waals surface area contributed by atoms with Gasteiger partial charge in [0.25, 0.3) is 0 Å². The van der Waals surface area contributed by atoms with Crippen LogP contribution in [0.5, 0.6) is 0 Å². The summed E-state index contributed by atoms with van der Waals surface area (Å²) >= 11 is 9.19. The summed E-state index contributed by atoms with van der Waals surface area (Å²) in [5, 5.41) is 2.62. The van der Waals surface area contributed by atoms with Crippen molar-refractivity contribution in [3.8, 4) is 0 Å². The van der Waals surface area contributed by atoms with Crippen LogP contribution in [0.25, 0.3) is 10.2 Å². The monoisotopic (exact) mass is 339 g/mol. The molecule has 3 rings (SSSR count). The van der Waals surface area contributed by atoms with Gasteiger partial charge in [-0.15, -0.1) is 11.3 Å². The second-order valence-electron chi connectivity index (χ2n) is 5.53. The minimum Gasteiger partial charge on any atom is -0.383 e. The van der Waals surface area contributed by atoms with Crippen molar-refractivity contribution in [1.82, 2.24) is 9.97 Å². The van der Waals surface area contributed by atoms with Gasteiger partial charge >= 0.3 is 0 Å². The Morgan fingerprint density at radius 1 is 1.52 bits per heavy atom. The molecule has 0 radical (unpaired) electrons. The highest BCUT2D eigenvalue weighted by Crippen LogP contribution is 2.39. The van der Waals surface area contributed by atoms with E-state index in [0.717, 1.165) is 44.9 Å². The molecule has 3 nitrogen and oxygen atoms in total. The van der Waals surface area contributed by atoms with Gasteiger partial charge in [0.2, 0.25) is 0 Å². The summed E-state index contributed by atoms with van der Waals surface area (Å²) in [5.41, 5.74) is 7.58. The fraction of sp³-hybridized carbons (Fsp3) is 0.467. The Kier molecular flexibility index (Phi) is 4.43. The summed E-state index contributed by atoms with van der Waals surface area (Å²) in [4.78, 5) is 11.6. The molecule has 0 fully saturated rings. The zero-order valence-electron chi connectivity index (χ0n) is 12.1. The van der Waals surface area contributed by atoms with Gasteiger partial charge in [0, 0.05) is 15.7 Å². The second-order valence-corrected chi connectivity index (χ2v) is 8.19. The van der Waals surface area contributed by atoms with Crippen molar-refractivity contribution in [3.63, 3.8) is 0 Å². The first-order valence-electron chi connectivity index (χ1n) is 7.07. The highest BCUT2D eigenvalue weighted by atomic mass is 35.5. The summed E-state index contributed by atoms with van der Waals surface area (Å²) in [5.74, 6) is 2.15. The SMILES string of the molecule is C/C(Cl)=C\CSc1nc(N)c2c3c(sc2n1)CC(C)CC3. The minimum atomic E-state index is 0.626. The summed E-state index contributed by atoms with van der Waals surface area (Å²) in [7, 11) is 0. The average molecular weight is 340 g/mol. The van der Waals surface area contributed by atoms with Gasteiger partial charge in [0.1, 0.15) is 10.6 Å². The Hall–Kier alpha value is -0.780. The van der Waals surface area contributed by atoms with Crippen molar-refractivity contribution in [2.75, 3.05) is 11.5 Å². The molecule has 6 heteroatoms. The van der Waals surface area contributed by atoms with E-state index in [0.29, 0.717) is 5.82 Å². The lowest BCUT2D eigenvalue weighted by Crippen LogP contribution is -2.09. The van der Waals surface area contributed by atoms with Crippen molar-refractivity contribution >= 4 is 50.7 Å². The number of nitrogens with two attached hydrogens (primary N) is 1. The molecular formula is C15H18ClN3S2. The third-order valence-electron chi connectivity index (χ3n) is 3.74. The number of thioether (sulfide) groups is 1. The van der Waals surface area contributed by atoms with Gasteiger partial charge in [0.15, 0.2) is 5.16 Å². The predicted molar refractivity (Wildman–Crippen MR) is 93.4 cm³/mol. The average Bonchev–Trinajstić information content (AvgIpc) is 2.75. The third-order valence-corrected chi connectivity index (χ3v) is 5.82. The van der Waals surface area contributed by atoms with E-state index in [1.807, 2.05) is 13.0 Å². The molecule has 1 aliphatic carbocycles. The first kappa shape index (κ1) is 15.1. The Bertz CT molecular complexity index is 704. The molecule has 1 aliphatic rings. The number of halogens is 1. The molecular weight excluding hydrogens is 322 g/mol. The van der Waals surface area contributed by atoms with Crippen LogP contribution in [0.3, 0.4) is 0 Å². The molecule has 112 valence electrons. The van der Waals surface area contributed by atoms with E-state index >= 15 is 0 Å². The summed E-state index contributed by atoms with van der Waals surface area (Å²) in [6.45, 7) is 4.18. The minimum absolute atomic E-state index is 0.626. The van der Waals surface area contributed by atoms with Crippen LogP contribution in [0.15, 0.2) is 16.3 Å². The molecule has 0 aromatic carbocycles. The molecule has 2 aromatic rings. The van der Waals surface area contributed by atoms with Gasteiger partial charge in [-0.2, -0.15) is 0 Å². The molecule has 0 bridgehead atoms. The fourth-order valence-electron chi connectivity index (χ4n) is 2.65. The number of anilines is 1. The quantitative estimate of drug-likeness (QED) is 0.654. The van der Waals surface area contributed by atoms with Gasteiger partial charge in [-0.3, -0.25) is 0 Å². The molecule has 2 heterocycles. The Balaban J connectivity index is 1.95. The molecule has 21 heavy (non-hydrogen) atoms. The number of thiophene rings is 1. The molecule has 0 spiro atoms. The van der Waals surface area contributed by atoms with Crippen molar-refractivity contribution in [2.24, 2.45) is 5.92 Å². The van der Waals surface area contributed by atoms with Gasteiger partial charge < -0.3 is 5.73 Å². The van der Waals surface area contributed by atoms with E-state index in [2.05, 4.69) is 16.9 Å². The molecule has 0 saturated carbocycles. The maximum atomic E-state index is 6.19. The lowest BCUT2D eigenvalue weighted by atomic mass is 9.89. The smallest absolute Gasteiger partial charge is 0.191 e. The van der Waals surface area contributed by atoms with Crippen LogP contribution in [0, 0.1) is 5.92 Å². The lowest BCUT2D eigenvalue weighted by Gasteiger charge is -2.17. The number of hydrogen-bond acceptors (Lipinski definition) is 5. The summed E-state index contributed by atoms with van der Waals surface area (Å²) in [6, 6.07) is 0. The number of rotatable bonds is 3. The largest absolute Gasteiger partial charge is 0.383 e. The standard InChI is InChI=1S/C15H18ClN3S2/c1-8-3-4-10-11(7-8)21-14-12(10)13(17)18-15(19-14)20-6-5-9(2)16/h5,8H,3-4,6-7H2,1-2H3,(H2,17,18,19)/b9-5+. The second kappa shape index (κ2) is 6.15. The lowest BCUT2D eigenvalue weighted by molar-refractivity contribution is 0.509. The van der Waals surface area contributed by atoms with Crippen molar-refractivity contribution < 1.29 is 0 Å². The maximum Gasteiger partial charge on any atom is 0.191 e. The van der Waals surface area contributed by atoms with Crippen molar-refractivity contribution in [2.45, 2.75) is 38.3 Å². The van der Waals surface area contributed by atoms with E-state index in [1.165, 1.54) is 16.9 Å². The van der Waals surface area contributed by atoms with Gasteiger partial charge in [0.05, 0.1) is 5.39 Å². The van der Waals surface area contributed by atoms with Crippen LogP contribution in [-0.2, 0) is 12.8 Å². The van der Waals surface area contributed by atoms with Crippen molar-refractivity contribution in [1.29, 1.82) is 0 Å². The number of aromatic nitrogens is 2. The van der Waals surface area contributed by atoms with Crippen LogP contribution < -0.4 is 5.73 Å². The summed E-state index contributed by atoms with van der Waals surface area (Å²) < 4.78 is 0. The third kappa shape index (κ3) is 3.20. The number of hydrogen-bond donors (Lipinski definition) is 1. The molecule has 2 aromatic heterocycles. The van der Waals surface area contributed by atoms with E-state index < -0.39 is 0 Å². The van der Waals surface area contributed by atoms with Crippen molar-refractivity contribution in [3.05, 3.63) is 21.5 Å². The van der Waals surface area contributed by atoms with Crippen LogP contribution in [0.1, 0.15) is 30.7 Å². The number of nitrogens with zero attached hydrogens (tertiary/aromatic N) is 2. The Labute approximate surface area is 138 Å². The Morgan fingerprint density at radius 2 is 2.33 bits per heavy atom. The van der Waals surface area contributed by atoms with Crippen LogP contribution in [0.4, 0.5) is 5.82 Å². The molecule has 0 aliphatic heterocycles. The topological polar surface area (TPSA) is 51.8 Å². The number of fused-ring (bicyclic) bond motifs is 3. The zero-order chi connectivity index (χ0) is 15.0. The highest BCUT2D eigenvalue weighted by Gasteiger charge is 2.23. The highest BCUT2D eigenvalue weighted by molar-refractivity contribution is 7.99. The van der Waals surface area contributed by atoms with Crippen LogP contribution in [-0.4, -0.2) is 15.7 Å². The fourth-order valence-corrected chi connectivity index (χ4v) is 5.06. The van der Waals surface area contributed by atoms with E-state index in [1.54, 1.807) is 23.1 Å². The molecule has 0 saturated heterocycles. The molecule has 1 atom stereocenters. The molecule has 2 N–H and O–H groups in total. The van der Waals surface area contributed by atoms with E-state index in [-0.39, 0.29) is 0 Å². The number of nitrogen functional groups attached to an aromatic ring is 1. The van der Waals surface area contributed by atoms with Gasteiger partial charge in [-0.25, -0.2) is 9.97 Å².